The van der Waals surface area contributed by atoms with Crippen molar-refractivity contribution in [2.24, 2.45) is 5.92 Å². The number of thiophene rings is 2. The lowest BCUT2D eigenvalue weighted by Crippen LogP contribution is -2.25. The van der Waals surface area contributed by atoms with Gasteiger partial charge in [-0.2, -0.15) is 0 Å². The molecule has 1 amide bonds. The summed E-state index contributed by atoms with van der Waals surface area (Å²) in [6.45, 7) is 3.02. The second-order valence-corrected chi connectivity index (χ2v) is 6.69. The van der Waals surface area contributed by atoms with Crippen LogP contribution >= 0.6 is 22.7 Å². The van der Waals surface area contributed by atoms with Crippen molar-refractivity contribution in [1.29, 1.82) is 0 Å². The van der Waals surface area contributed by atoms with Gasteiger partial charge < -0.3 is 10.6 Å². The number of rotatable bonds is 4. The third kappa shape index (κ3) is 2.58. The first kappa shape index (κ1) is 12.1. The predicted octanol–water partition coefficient (Wildman–Crippen LogP) is 2.69. The first-order valence-electron chi connectivity index (χ1n) is 6.29. The molecular weight excluding hydrogens is 264 g/mol. The molecule has 0 spiro atoms. The van der Waals surface area contributed by atoms with E-state index in [0.717, 1.165) is 36.9 Å². The first-order chi connectivity index (χ1) is 8.83. The molecular formula is C13H16N2OS2. The quantitative estimate of drug-likeness (QED) is 0.904. The Labute approximate surface area is 114 Å². The van der Waals surface area contributed by atoms with Crippen LogP contribution in [0.5, 0.6) is 0 Å². The van der Waals surface area contributed by atoms with Crippen LogP contribution in [-0.4, -0.2) is 25.5 Å². The zero-order valence-corrected chi connectivity index (χ0v) is 11.7. The highest BCUT2D eigenvalue weighted by Gasteiger charge is 2.15. The van der Waals surface area contributed by atoms with E-state index in [4.69, 9.17) is 0 Å². The van der Waals surface area contributed by atoms with Gasteiger partial charge in [-0.05, 0) is 49.4 Å². The maximum Gasteiger partial charge on any atom is 0.261 e. The molecule has 0 saturated carbocycles. The molecule has 3 nitrogen and oxygen atoms in total. The molecule has 2 aromatic rings. The zero-order chi connectivity index (χ0) is 12.4. The Balaban J connectivity index is 1.53. The highest BCUT2D eigenvalue weighted by molar-refractivity contribution is 7.27. The molecule has 3 rings (SSSR count). The molecule has 0 aromatic carbocycles. The smallest absolute Gasteiger partial charge is 0.261 e. The Kier molecular flexibility index (Phi) is 3.63. The lowest BCUT2D eigenvalue weighted by molar-refractivity contribution is 0.0956. The maximum atomic E-state index is 12.0. The summed E-state index contributed by atoms with van der Waals surface area (Å²) in [7, 11) is 0. The van der Waals surface area contributed by atoms with E-state index in [-0.39, 0.29) is 5.91 Å². The fraction of sp³-hybridized carbons (Fsp3) is 0.462. The Morgan fingerprint density at radius 3 is 3.22 bits per heavy atom. The molecule has 18 heavy (non-hydrogen) atoms. The van der Waals surface area contributed by atoms with Crippen molar-refractivity contribution < 1.29 is 4.79 Å². The minimum absolute atomic E-state index is 0.0781. The van der Waals surface area contributed by atoms with Crippen molar-refractivity contribution in [3.63, 3.8) is 0 Å². The highest BCUT2D eigenvalue weighted by Crippen LogP contribution is 2.29. The normalized spacial score (nSPS) is 19.4. The number of fused-ring (bicyclic) bond motifs is 1. The van der Waals surface area contributed by atoms with Gasteiger partial charge in [0.25, 0.3) is 5.91 Å². The standard InChI is InChI=1S/C13H16N2OS2/c16-13(15-5-2-9-1-4-14-8-9)12-7-11-10(18-12)3-6-17-11/h3,6-7,9,14H,1-2,4-5,8H2,(H,15,16). The Hall–Kier alpha value is -0.910. The average molecular weight is 280 g/mol. The summed E-state index contributed by atoms with van der Waals surface area (Å²) >= 11 is 3.27. The van der Waals surface area contributed by atoms with E-state index < -0.39 is 0 Å². The molecule has 1 fully saturated rings. The minimum Gasteiger partial charge on any atom is -0.351 e. The highest BCUT2D eigenvalue weighted by atomic mass is 32.1. The molecule has 96 valence electrons. The summed E-state index contributed by atoms with van der Waals surface area (Å²) in [5.74, 6) is 0.812. The molecule has 2 aromatic heterocycles. The lowest BCUT2D eigenvalue weighted by Gasteiger charge is -2.08. The van der Waals surface area contributed by atoms with Gasteiger partial charge in [0.05, 0.1) is 4.88 Å². The first-order valence-corrected chi connectivity index (χ1v) is 7.98. The molecule has 0 aliphatic carbocycles. The van der Waals surface area contributed by atoms with Crippen LogP contribution in [0.2, 0.25) is 0 Å². The lowest BCUT2D eigenvalue weighted by atomic mass is 10.1. The van der Waals surface area contributed by atoms with Crippen LogP contribution in [0.3, 0.4) is 0 Å². The fourth-order valence-electron chi connectivity index (χ4n) is 2.32. The molecule has 1 saturated heterocycles. The molecule has 1 aliphatic rings. The zero-order valence-electron chi connectivity index (χ0n) is 10.1. The Morgan fingerprint density at radius 2 is 2.44 bits per heavy atom. The number of hydrogen-bond acceptors (Lipinski definition) is 4. The second kappa shape index (κ2) is 5.38. The van der Waals surface area contributed by atoms with Gasteiger partial charge in [-0.15, -0.1) is 22.7 Å². The molecule has 0 radical (unpaired) electrons. The minimum atomic E-state index is 0.0781. The Bertz CT molecular complexity index is 511. The molecule has 3 heterocycles. The SMILES string of the molecule is O=C(NCCC1CCNC1)c1cc2sccc2s1. The average Bonchev–Trinajstić information content (AvgIpc) is 3.04. The van der Waals surface area contributed by atoms with Gasteiger partial charge in [-0.3, -0.25) is 4.79 Å². The van der Waals surface area contributed by atoms with Gasteiger partial charge in [0.2, 0.25) is 0 Å². The predicted molar refractivity (Wildman–Crippen MR) is 77.6 cm³/mol. The summed E-state index contributed by atoms with van der Waals surface area (Å²) in [5.41, 5.74) is 0. The summed E-state index contributed by atoms with van der Waals surface area (Å²) in [5, 5.41) is 8.44. The molecule has 1 aliphatic heterocycles. The summed E-state index contributed by atoms with van der Waals surface area (Å²) < 4.78 is 2.43. The van der Waals surface area contributed by atoms with Crippen LogP contribution in [0.15, 0.2) is 17.5 Å². The van der Waals surface area contributed by atoms with Crippen LogP contribution in [-0.2, 0) is 0 Å². The number of carbonyl (C=O) groups excluding carboxylic acids is 1. The van der Waals surface area contributed by atoms with Crippen molar-refractivity contribution >= 4 is 38.0 Å². The second-order valence-electron chi connectivity index (χ2n) is 4.66. The molecule has 0 bridgehead atoms. The van der Waals surface area contributed by atoms with Gasteiger partial charge in [-0.25, -0.2) is 0 Å². The third-order valence-corrected chi connectivity index (χ3v) is 5.46. The molecule has 5 heteroatoms. The number of nitrogens with one attached hydrogen (secondary N) is 2. The van der Waals surface area contributed by atoms with Crippen molar-refractivity contribution in [2.75, 3.05) is 19.6 Å². The van der Waals surface area contributed by atoms with Crippen molar-refractivity contribution in [1.82, 2.24) is 10.6 Å². The maximum absolute atomic E-state index is 12.0. The van der Waals surface area contributed by atoms with E-state index in [9.17, 15) is 4.79 Å². The Morgan fingerprint density at radius 1 is 1.50 bits per heavy atom. The van der Waals surface area contributed by atoms with E-state index in [2.05, 4.69) is 22.1 Å². The molecule has 1 unspecified atom stereocenters. The number of hydrogen-bond donors (Lipinski definition) is 2. The summed E-state index contributed by atoms with van der Waals surface area (Å²) in [4.78, 5) is 12.8. The third-order valence-electron chi connectivity index (χ3n) is 3.36. The number of amides is 1. The largest absolute Gasteiger partial charge is 0.351 e. The monoisotopic (exact) mass is 280 g/mol. The number of carbonyl (C=O) groups is 1. The van der Waals surface area contributed by atoms with Crippen LogP contribution < -0.4 is 10.6 Å². The van der Waals surface area contributed by atoms with E-state index in [0.29, 0.717) is 0 Å². The van der Waals surface area contributed by atoms with Gasteiger partial charge >= 0.3 is 0 Å². The van der Waals surface area contributed by atoms with Crippen molar-refractivity contribution in [3.05, 3.63) is 22.4 Å². The van der Waals surface area contributed by atoms with Crippen molar-refractivity contribution in [3.8, 4) is 0 Å². The van der Waals surface area contributed by atoms with Gasteiger partial charge in [0.1, 0.15) is 0 Å². The fourth-order valence-corrected chi connectivity index (χ4v) is 4.34. The van der Waals surface area contributed by atoms with E-state index >= 15 is 0 Å². The van der Waals surface area contributed by atoms with Crippen LogP contribution in [0.25, 0.3) is 9.40 Å². The van der Waals surface area contributed by atoms with E-state index in [1.54, 1.807) is 22.7 Å². The van der Waals surface area contributed by atoms with Gasteiger partial charge in [0, 0.05) is 15.9 Å². The molecule has 1 atom stereocenters. The van der Waals surface area contributed by atoms with Gasteiger partial charge in [0.15, 0.2) is 0 Å². The van der Waals surface area contributed by atoms with Gasteiger partial charge in [-0.1, -0.05) is 0 Å². The summed E-state index contributed by atoms with van der Waals surface area (Å²) in [6.07, 6.45) is 2.32. The van der Waals surface area contributed by atoms with E-state index in [1.165, 1.54) is 15.8 Å². The topological polar surface area (TPSA) is 41.1 Å². The summed E-state index contributed by atoms with van der Waals surface area (Å²) in [6, 6.07) is 4.07. The van der Waals surface area contributed by atoms with Crippen LogP contribution in [0.1, 0.15) is 22.5 Å². The van der Waals surface area contributed by atoms with Crippen LogP contribution in [0.4, 0.5) is 0 Å². The van der Waals surface area contributed by atoms with Crippen LogP contribution in [0, 0.1) is 5.92 Å². The molecule has 2 N–H and O–H groups in total. The van der Waals surface area contributed by atoms with Crippen molar-refractivity contribution in [2.45, 2.75) is 12.8 Å². The van der Waals surface area contributed by atoms with E-state index in [1.807, 2.05) is 6.07 Å².